The van der Waals surface area contributed by atoms with Gasteiger partial charge in [0.25, 0.3) is 0 Å². The maximum Gasteiger partial charge on any atom is 0.585 e. The third-order valence-corrected chi connectivity index (χ3v) is 3.88. The van der Waals surface area contributed by atoms with Gasteiger partial charge in [0.15, 0.2) is 0 Å². The average Bonchev–Trinajstić information content (AvgIpc) is 2.78. The van der Waals surface area contributed by atoms with Crippen molar-refractivity contribution < 1.29 is 9.78 Å². The molecule has 2 aliphatic rings. The quantitative estimate of drug-likeness (QED) is 0.725. The van der Waals surface area contributed by atoms with E-state index in [1.165, 1.54) is 6.42 Å². The standard InChI is InChI=1S/C12H12BN3O2/c17-13-9-6-15-12-8(4-5-14-12)10(9)11(16-18-13)7-2-1-3-7/h4-7,17H,1-3H2,(H,14,15). The maximum atomic E-state index is 9.87. The number of aromatic nitrogens is 2. The van der Waals surface area contributed by atoms with Crippen LogP contribution in [0.2, 0.25) is 0 Å². The lowest BCUT2D eigenvalue weighted by molar-refractivity contribution is 0.276. The Kier molecular flexibility index (Phi) is 2.02. The van der Waals surface area contributed by atoms with E-state index in [-0.39, 0.29) is 0 Å². The van der Waals surface area contributed by atoms with Crippen molar-refractivity contribution in [2.24, 2.45) is 11.1 Å². The topological polar surface area (TPSA) is 70.5 Å². The number of H-pyrrole nitrogens is 1. The summed E-state index contributed by atoms with van der Waals surface area (Å²) >= 11 is 0. The van der Waals surface area contributed by atoms with Gasteiger partial charge >= 0.3 is 7.12 Å². The van der Waals surface area contributed by atoms with E-state index >= 15 is 0 Å². The molecule has 6 heteroatoms. The fourth-order valence-corrected chi connectivity index (χ4v) is 2.67. The van der Waals surface area contributed by atoms with E-state index < -0.39 is 7.12 Å². The van der Waals surface area contributed by atoms with E-state index in [2.05, 4.69) is 15.1 Å². The molecule has 5 nitrogen and oxygen atoms in total. The molecule has 0 unspecified atom stereocenters. The van der Waals surface area contributed by atoms with E-state index in [9.17, 15) is 5.02 Å². The molecule has 0 saturated heterocycles. The lowest BCUT2D eigenvalue weighted by Crippen LogP contribution is -2.43. The summed E-state index contributed by atoms with van der Waals surface area (Å²) in [6, 6.07) is 1.98. The van der Waals surface area contributed by atoms with E-state index in [0.29, 0.717) is 5.92 Å². The minimum Gasteiger partial charge on any atom is -0.427 e. The first kappa shape index (κ1) is 10.1. The summed E-state index contributed by atoms with van der Waals surface area (Å²) in [6.45, 7) is 0. The minimum absolute atomic E-state index is 0.455. The van der Waals surface area contributed by atoms with Gasteiger partial charge in [-0.3, -0.25) is 0 Å². The highest BCUT2D eigenvalue weighted by molar-refractivity contribution is 6.63. The van der Waals surface area contributed by atoms with Gasteiger partial charge in [-0.25, -0.2) is 4.98 Å². The Bertz CT molecular complexity index is 648. The van der Waals surface area contributed by atoms with Gasteiger partial charge in [-0.1, -0.05) is 6.42 Å². The molecule has 18 heavy (non-hydrogen) atoms. The zero-order valence-electron chi connectivity index (χ0n) is 9.76. The van der Waals surface area contributed by atoms with Gasteiger partial charge in [0.2, 0.25) is 0 Å². The summed E-state index contributed by atoms with van der Waals surface area (Å²) in [7, 11) is -1.00. The maximum absolute atomic E-state index is 9.87. The molecule has 0 radical (unpaired) electrons. The number of hydrogen-bond acceptors (Lipinski definition) is 4. The average molecular weight is 241 g/mol. The zero-order chi connectivity index (χ0) is 12.1. The monoisotopic (exact) mass is 241 g/mol. The lowest BCUT2D eigenvalue weighted by atomic mass is 9.70. The summed E-state index contributed by atoms with van der Waals surface area (Å²) in [5.74, 6) is 0.455. The minimum atomic E-state index is -1.00. The number of oxime groups is 1. The number of aromatic amines is 1. The fourth-order valence-electron chi connectivity index (χ4n) is 2.67. The van der Waals surface area contributed by atoms with Gasteiger partial charge in [0.1, 0.15) is 5.65 Å². The molecule has 0 aromatic carbocycles. The first-order chi connectivity index (χ1) is 8.84. The zero-order valence-corrected chi connectivity index (χ0v) is 9.76. The second kappa shape index (κ2) is 3.59. The molecule has 3 heterocycles. The highest BCUT2D eigenvalue weighted by Crippen LogP contribution is 2.33. The number of rotatable bonds is 1. The van der Waals surface area contributed by atoms with E-state index in [4.69, 9.17) is 4.76 Å². The van der Waals surface area contributed by atoms with Crippen LogP contribution in [0.4, 0.5) is 0 Å². The fraction of sp³-hybridized carbons (Fsp3) is 0.333. The Morgan fingerprint density at radius 1 is 1.44 bits per heavy atom. The van der Waals surface area contributed by atoms with Crippen LogP contribution in [0.1, 0.15) is 24.8 Å². The Hall–Kier alpha value is -1.82. The van der Waals surface area contributed by atoms with Crippen molar-refractivity contribution in [3.05, 3.63) is 24.0 Å². The van der Waals surface area contributed by atoms with Crippen LogP contribution in [0, 0.1) is 5.92 Å². The van der Waals surface area contributed by atoms with E-state index in [0.717, 1.165) is 40.6 Å². The van der Waals surface area contributed by atoms with Crippen LogP contribution >= 0.6 is 0 Å². The Morgan fingerprint density at radius 3 is 3.11 bits per heavy atom. The number of fused-ring (bicyclic) bond motifs is 3. The predicted molar refractivity (Wildman–Crippen MR) is 68.7 cm³/mol. The van der Waals surface area contributed by atoms with Crippen LogP contribution in [0.25, 0.3) is 11.0 Å². The van der Waals surface area contributed by atoms with Gasteiger partial charge in [0, 0.05) is 34.7 Å². The lowest BCUT2D eigenvalue weighted by Gasteiger charge is -2.30. The first-order valence-electron chi connectivity index (χ1n) is 6.23. The number of nitrogens with zero attached hydrogens (tertiary/aromatic N) is 2. The number of pyridine rings is 1. The number of nitrogens with one attached hydrogen (secondary N) is 1. The molecule has 0 atom stereocenters. The van der Waals surface area contributed by atoms with Crippen LogP contribution < -0.4 is 5.46 Å². The van der Waals surface area contributed by atoms with Crippen LogP contribution in [0.15, 0.2) is 23.6 Å². The molecule has 0 spiro atoms. The molecule has 1 aliphatic heterocycles. The molecular formula is C12H12BN3O2. The molecule has 1 fully saturated rings. The largest absolute Gasteiger partial charge is 0.585 e. The van der Waals surface area contributed by atoms with Crippen LogP contribution in [0.5, 0.6) is 0 Å². The summed E-state index contributed by atoms with van der Waals surface area (Å²) in [5, 5.41) is 15.0. The van der Waals surface area contributed by atoms with E-state index in [1.807, 2.05) is 12.3 Å². The molecule has 2 aromatic rings. The third kappa shape index (κ3) is 1.26. The van der Waals surface area contributed by atoms with Gasteiger partial charge in [0.05, 0.1) is 5.71 Å². The van der Waals surface area contributed by atoms with Gasteiger partial charge < -0.3 is 14.8 Å². The molecule has 1 aliphatic carbocycles. The van der Waals surface area contributed by atoms with Crippen molar-refractivity contribution in [2.75, 3.05) is 0 Å². The normalized spacial score (nSPS) is 19.2. The van der Waals surface area contributed by atoms with E-state index in [1.54, 1.807) is 6.20 Å². The van der Waals surface area contributed by atoms with Crippen LogP contribution in [-0.2, 0) is 4.76 Å². The molecule has 0 bridgehead atoms. The first-order valence-corrected chi connectivity index (χ1v) is 6.23. The predicted octanol–water partition coefficient (Wildman–Crippen LogP) is 0.785. The molecular weight excluding hydrogens is 229 g/mol. The van der Waals surface area contributed by atoms with Crippen molar-refractivity contribution in [1.29, 1.82) is 0 Å². The van der Waals surface area contributed by atoms with Crippen molar-refractivity contribution in [1.82, 2.24) is 9.97 Å². The summed E-state index contributed by atoms with van der Waals surface area (Å²) in [6.07, 6.45) is 7.06. The SMILES string of the molecule is OB1ON=C(C2CCC2)c2c1cnc1[nH]ccc21. The van der Waals surface area contributed by atoms with Gasteiger partial charge in [-0.2, -0.15) is 0 Å². The van der Waals surface area contributed by atoms with Crippen LogP contribution in [0.3, 0.4) is 0 Å². The summed E-state index contributed by atoms with van der Waals surface area (Å²) < 4.78 is 5.09. The highest BCUT2D eigenvalue weighted by Gasteiger charge is 2.36. The summed E-state index contributed by atoms with van der Waals surface area (Å²) in [4.78, 5) is 7.38. The van der Waals surface area contributed by atoms with Crippen molar-refractivity contribution in [2.45, 2.75) is 19.3 Å². The number of hydrogen-bond donors (Lipinski definition) is 2. The van der Waals surface area contributed by atoms with Crippen molar-refractivity contribution >= 4 is 29.3 Å². The molecule has 0 amide bonds. The molecule has 2 N–H and O–H groups in total. The highest BCUT2D eigenvalue weighted by atomic mass is 16.6. The Balaban J connectivity index is 1.98. The Morgan fingerprint density at radius 2 is 2.33 bits per heavy atom. The molecule has 1 saturated carbocycles. The molecule has 2 aromatic heterocycles. The Labute approximate surface area is 104 Å². The van der Waals surface area contributed by atoms with Crippen molar-refractivity contribution in [3.8, 4) is 0 Å². The van der Waals surface area contributed by atoms with Crippen molar-refractivity contribution in [3.63, 3.8) is 0 Å². The molecule has 4 rings (SSSR count). The second-order valence-corrected chi connectivity index (χ2v) is 4.89. The molecule has 90 valence electrons. The van der Waals surface area contributed by atoms with Gasteiger partial charge in [-0.15, -0.1) is 5.16 Å². The second-order valence-electron chi connectivity index (χ2n) is 4.89. The third-order valence-electron chi connectivity index (χ3n) is 3.88. The van der Waals surface area contributed by atoms with Gasteiger partial charge in [-0.05, 0) is 18.9 Å². The summed E-state index contributed by atoms with van der Waals surface area (Å²) in [5.41, 5.74) is 3.52. The smallest absolute Gasteiger partial charge is 0.427 e. The van der Waals surface area contributed by atoms with Crippen LogP contribution in [-0.4, -0.2) is 27.8 Å².